The summed E-state index contributed by atoms with van der Waals surface area (Å²) in [7, 11) is 0. The zero-order valence-electron chi connectivity index (χ0n) is 14.7. The average molecular weight is 396 g/mol. The fourth-order valence-electron chi connectivity index (χ4n) is 3.70. The Morgan fingerprint density at radius 2 is 1.93 bits per heavy atom. The van der Waals surface area contributed by atoms with Gasteiger partial charge in [-0.2, -0.15) is 9.78 Å². The zero-order valence-corrected chi connectivity index (χ0v) is 15.6. The van der Waals surface area contributed by atoms with E-state index in [1.807, 2.05) is 31.2 Å². The topological polar surface area (TPSA) is 59.8 Å². The quantitative estimate of drug-likeness (QED) is 0.541. The SMILES string of the molecule is Cc1nn(-c2nc3ccccc3s2)c2c1[C@H](c1cc(F)cc(F)c1)CC(=O)N2. The maximum Gasteiger partial charge on any atom is 0.226 e. The molecule has 0 bridgehead atoms. The molecule has 1 N–H and O–H groups in total. The van der Waals surface area contributed by atoms with Gasteiger partial charge in [0.05, 0.1) is 15.9 Å². The minimum atomic E-state index is -0.668. The predicted molar refractivity (Wildman–Crippen MR) is 103 cm³/mol. The lowest BCUT2D eigenvalue weighted by atomic mass is 9.85. The van der Waals surface area contributed by atoms with Crippen LogP contribution in [0.25, 0.3) is 15.3 Å². The summed E-state index contributed by atoms with van der Waals surface area (Å²) >= 11 is 1.46. The number of hydrogen-bond acceptors (Lipinski definition) is 4. The lowest BCUT2D eigenvalue weighted by Crippen LogP contribution is -2.25. The number of carbonyl (C=O) groups excluding carboxylic acids is 1. The van der Waals surface area contributed by atoms with Crippen LogP contribution in [0, 0.1) is 18.6 Å². The first kappa shape index (κ1) is 17.0. The Hall–Kier alpha value is -3.13. The molecule has 2 aromatic heterocycles. The van der Waals surface area contributed by atoms with Crippen molar-refractivity contribution in [1.29, 1.82) is 0 Å². The number of thiazole rings is 1. The summed E-state index contributed by atoms with van der Waals surface area (Å²) in [5.74, 6) is -1.54. The molecule has 28 heavy (non-hydrogen) atoms. The maximum atomic E-state index is 13.8. The Labute approximate surface area is 162 Å². The number of carbonyl (C=O) groups is 1. The number of nitrogens with one attached hydrogen (secondary N) is 1. The van der Waals surface area contributed by atoms with Crippen LogP contribution in [-0.2, 0) is 4.79 Å². The Kier molecular flexibility index (Phi) is 3.77. The standard InChI is InChI=1S/C20H14F2N4OS/c1-10-18-14(11-6-12(21)8-13(22)7-11)9-17(27)24-19(18)26(25-10)20-23-15-4-2-3-5-16(15)28-20/h2-8,14H,9H2,1H3,(H,24,27)/t14-/m0/s1. The summed E-state index contributed by atoms with van der Waals surface area (Å²) in [6, 6.07) is 11.1. The molecule has 0 saturated carbocycles. The summed E-state index contributed by atoms with van der Waals surface area (Å²) in [5, 5.41) is 8.06. The normalized spacial score (nSPS) is 16.2. The van der Waals surface area contributed by atoms with Gasteiger partial charge in [-0.25, -0.2) is 13.8 Å². The highest BCUT2D eigenvalue weighted by molar-refractivity contribution is 7.20. The van der Waals surface area contributed by atoms with E-state index in [2.05, 4.69) is 15.4 Å². The van der Waals surface area contributed by atoms with Crippen molar-refractivity contribution >= 4 is 33.3 Å². The number of anilines is 1. The van der Waals surface area contributed by atoms with E-state index in [0.717, 1.165) is 21.8 Å². The fraction of sp³-hybridized carbons (Fsp3) is 0.150. The molecule has 0 aliphatic carbocycles. The van der Waals surface area contributed by atoms with Crippen molar-refractivity contribution in [3.63, 3.8) is 0 Å². The highest BCUT2D eigenvalue weighted by Gasteiger charge is 2.33. The van der Waals surface area contributed by atoms with Gasteiger partial charge in [-0.3, -0.25) is 4.79 Å². The molecular formula is C20H14F2N4OS. The summed E-state index contributed by atoms with van der Waals surface area (Å²) in [4.78, 5) is 17.0. The van der Waals surface area contributed by atoms with Crippen LogP contribution < -0.4 is 5.32 Å². The van der Waals surface area contributed by atoms with Crippen LogP contribution >= 0.6 is 11.3 Å². The van der Waals surface area contributed by atoms with Gasteiger partial charge in [-0.15, -0.1) is 0 Å². The number of nitrogens with zero attached hydrogens (tertiary/aromatic N) is 3. The lowest BCUT2D eigenvalue weighted by molar-refractivity contribution is -0.116. The van der Waals surface area contributed by atoms with Gasteiger partial charge in [-0.05, 0) is 36.8 Å². The van der Waals surface area contributed by atoms with E-state index in [-0.39, 0.29) is 12.3 Å². The second-order valence-electron chi connectivity index (χ2n) is 6.73. The van der Waals surface area contributed by atoms with Crippen molar-refractivity contribution in [3.8, 4) is 5.13 Å². The van der Waals surface area contributed by atoms with Crippen LogP contribution in [0.3, 0.4) is 0 Å². The third kappa shape index (κ3) is 2.68. The van der Waals surface area contributed by atoms with Crippen molar-refractivity contribution < 1.29 is 13.6 Å². The van der Waals surface area contributed by atoms with Gasteiger partial charge < -0.3 is 5.32 Å². The number of benzene rings is 2. The van der Waals surface area contributed by atoms with Gasteiger partial charge in [0, 0.05) is 24.0 Å². The number of fused-ring (bicyclic) bond motifs is 2. The van der Waals surface area contributed by atoms with Crippen LogP contribution in [-0.4, -0.2) is 20.7 Å². The monoisotopic (exact) mass is 396 g/mol. The first-order valence-electron chi connectivity index (χ1n) is 8.71. The number of amides is 1. The molecule has 8 heteroatoms. The third-order valence-corrected chi connectivity index (χ3v) is 5.87. The van der Waals surface area contributed by atoms with Crippen molar-refractivity contribution in [2.75, 3.05) is 5.32 Å². The highest BCUT2D eigenvalue weighted by Crippen LogP contribution is 2.41. The molecule has 5 nitrogen and oxygen atoms in total. The number of rotatable bonds is 2. The van der Waals surface area contributed by atoms with E-state index in [4.69, 9.17) is 0 Å². The van der Waals surface area contributed by atoms with Crippen LogP contribution in [0.1, 0.15) is 29.2 Å². The summed E-state index contributed by atoms with van der Waals surface area (Å²) in [5.41, 5.74) is 2.70. The number of para-hydroxylation sites is 1. The second-order valence-corrected chi connectivity index (χ2v) is 7.74. The van der Waals surface area contributed by atoms with Crippen molar-refractivity contribution in [1.82, 2.24) is 14.8 Å². The molecule has 1 amide bonds. The van der Waals surface area contributed by atoms with Gasteiger partial charge >= 0.3 is 0 Å². The molecule has 0 spiro atoms. The zero-order chi connectivity index (χ0) is 19.4. The van der Waals surface area contributed by atoms with Crippen molar-refractivity contribution in [3.05, 3.63) is 70.9 Å². The average Bonchev–Trinajstić information content (AvgIpc) is 3.21. The summed E-state index contributed by atoms with van der Waals surface area (Å²) < 4.78 is 30.2. The smallest absolute Gasteiger partial charge is 0.226 e. The molecule has 0 unspecified atom stereocenters. The molecule has 2 aromatic carbocycles. The van der Waals surface area contributed by atoms with Crippen molar-refractivity contribution in [2.24, 2.45) is 0 Å². The first-order chi connectivity index (χ1) is 13.5. The Morgan fingerprint density at radius 1 is 1.18 bits per heavy atom. The Morgan fingerprint density at radius 3 is 2.68 bits per heavy atom. The molecule has 1 atom stereocenters. The van der Waals surface area contributed by atoms with Crippen LogP contribution in [0.5, 0.6) is 0 Å². The van der Waals surface area contributed by atoms with E-state index in [0.29, 0.717) is 22.2 Å². The maximum absolute atomic E-state index is 13.8. The third-order valence-electron chi connectivity index (χ3n) is 4.85. The molecule has 3 heterocycles. The molecule has 5 rings (SSSR count). The van der Waals surface area contributed by atoms with Crippen LogP contribution in [0.15, 0.2) is 42.5 Å². The predicted octanol–water partition coefficient (Wildman–Crippen LogP) is 4.54. The molecule has 1 aliphatic rings. The number of aryl methyl sites for hydroxylation is 1. The number of aromatic nitrogens is 3. The highest BCUT2D eigenvalue weighted by atomic mass is 32.1. The minimum Gasteiger partial charge on any atom is -0.310 e. The molecule has 1 aliphatic heterocycles. The van der Waals surface area contributed by atoms with E-state index in [1.54, 1.807) is 4.68 Å². The largest absolute Gasteiger partial charge is 0.310 e. The molecule has 140 valence electrons. The van der Waals surface area contributed by atoms with Gasteiger partial charge in [0.15, 0.2) is 0 Å². The van der Waals surface area contributed by atoms with Crippen LogP contribution in [0.4, 0.5) is 14.6 Å². The molecule has 0 fully saturated rings. The number of halogens is 2. The molecule has 0 radical (unpaired) electrons. The van der Waals surface area contributed by atoms with E-state index >= 15 is 0 Å². The first-order valence-corrected chi connectivity index (χ1v) is 9.52. The van der Waals surface area contributed by atoms with Crippen molar-refractivity contribution in [2.45, 2.75) is 19.3 Å². The van der Waals surface area contributed by atoms with Crippen LogP contribution in [0.2, 0.25) is 0 Å². The fourth-order valence-corrected chi connectivity index (χ4v) is 4.62. The van der Waals surface area contributed by atoms with Gasteiger partial charge in [0.25, 0.3) is 0 Å². The van der Waals surface area contributed by atoms with E-state index in [9.17, 15) is 13.6 Å². The second kappa shape index (κ2) is 6.20. The molecule has 4 aromatic rings. The molecule has 0 saturated heterocycles. The van der Waals surface area contributed by atoms with E-state index in [1.165, 1.54) is 23.5 Å². The Balaban J connectivity index is 1.69. The Bertz CT molecular complexity index is 1190. The molecular weight excluding hydrogens is 382 g/mol. The minimum absolute atomic E-state index is 0.0995. The number of hydrogen-bond donors (Lipinski definition) is 1. The van der Waals surface area contributed by atoms with Gasteiger partial charge in [0.1, 0.15) is 17.5 Å². The van der Waals surface area contributed by atoms with Gasteiger partial charge in [0.2, 0.25) is 11.0 Å². The lowest BCUT2D eigenvalue weighted by Gasteiger charge is -2.24. The summed E-state index contributed by atoms with van der Waals surface area (Å²) in [6.45, 7) is 1.82. The summed E-state index contributed by atoms with van der Waals surface area (Å²) in [6.07, 6.45) is 0.0995. The van der Waals surface area contributed by atoms with E-state index < -0.39 is 17.6 Å². The van der Waals surface area contributed by atoms with Gasteiger partial charge in [-0.1, -0.05) is 23.5 Å².